The van der Waals surface area contributed by atoms with Crippen molar-refractivity contribution in [1.82, 2.24) is 4.90 Å². The number of carbonyl (C=O) groups is 1. The molecule has 1 rings (SSSR count). The molecule has 0 saturated carbocycles. The van der Waals surface area contributed by atoms with E-state index in [1.807, 2.05) is 11.9 Å². The molecule has 90 valence electrons. The first kappa shape index (κ1) is 13.7. The van der Waals surface area contributed by atoms with Gasteiger partial charge in [-0.2, -0.15) is 0 Å². The zero-order valence-electron chi connectivity index (χ0n) is 9.66. The molecule has 16 heavy (non-hydrogen) atoms. The monoisotopic (exact) mass is 305 g/mol. The summed E-state index contributed by atoms with van der Waals surface area (Å²) < 4.78 is 1.10. The Labute approximate surface area is 108 Å². The molecule has 0 aliphatic carbocycles. The van der Waals surface area contributed by atoms with Gasteiger partial charge in [-0.15, -0.1) is 11.3 Å². The molecule has 0 unspecified atom stereocenters. The highest BCUT2D eigenvalue weighted by molar-refractivity contribution is 9.11. The minimum atomic E-state index is -0.758. The Hall–Kier alpha value is -0.390. The molecule has 1 aromatic heterocycles. The van der Waals surface area contributed by atoms with E-state index in [2.05, 4.69) is 27.4 Å². The van der Waals surface area contributed by atoms with Gasteiger partial charge in [0.25, 0.3) is 0 Å². The number of nitrogens with zero attached hydrogens (tertiary/aromatic N) is 1. The summed E-state index contributed by atoms with van der Waals surface area (Å²) >= 11 is 5.06. The molecular weight excluding hydrogens is 290 g/mol. The van der Waals surface area contributed by atoms with Crippen molar-refractivity contribution >= 4 is 33.2 Å². The van der Waals surface area contributed by atoms with Crippen LogP contribution >= 0.6 is 27.3 Å². The molecule has 0 aliphatic rings. The summed E-state index contributed by atoms with van der Waals surface area (Å²) in [5.41, 5.74) is 0.503. The van der Waals surface area contributed by atoms with Crippen LogP contribution < -0.4 is 0 Å². The lowest BCUT2D eigenvalue weighted by Crippen LogP contribution is -2.36. The third-order valence-corrected chi connectivity index (χ3v) is 3.87. The maximum atomic E-state index is 11.0. The molecule has 0 amide bonds. The summed E-state index contributed by atoms with van der Waals surface area (Å²) in [6.45, 7) is 4.80. The van der Waals surface area contributed by atoms with Crippen LogP contribution in [0.25, 0.3) is 0 Å². The molecule has 0 saturated heterocycles. The molecule has 0 aliphatic heterocycles. The standard InChI is InChI=1S/C11H16BrNO2S/c1-11(2,10(14)15)7-13(3)5-8-4-9(12)16-6-8/h4,6H,5,7H2,1-3H3,(H,14,15). The molecule has 0 atom stereocenters. The van der Waals surface area contributed by atoms with E-state index in [4.69, 9.17) is 5.11 Å². The lowest BCUT2D eigenvalue weighted by atomic mass is 9.93. The predicted molar refractivity (Wildman–Crippen MR) is 69.8 cm³/mol. The van der Waals surface area contributed by atoms with Gasteiger partial charge in [0.1, 0.15) is 0 Å². The normalized spacial score (nSPS) is 12.1. The average Bonchev–Trinajstić information content (AvgIpc) is 2.49. The predicted octanol–water partition coefficient (Wildman–Crippen LogP) is 3.05. The first-order chi connectivity index (χ1) is 7.31. The first-order valence-corrected chi connectivity index (χ1v) is 6.63. The number of carboxylic acids is 1. The number of aliphatic carboxylic acids is 1. The van der Waals surface area contributed by atoms with Gasteiger partial charge in [-0.05, 0) is 53.8 Å². The van der Waals surface area contributed by atoms with Gasteiger partial charge in [0.05, 0.1) is 9.20 Å². The van der Waals surface area contributed by atoms with E-state index in [9.17, 15) is 4.79 Å². The Balaban J connectivity index is 2.54. The summed E-state index contributed by atoms with van der Waals surface area (Å²) in [6.07, 6.45) is 0. The van der Waals surface area contributed by atoms with Crippen LogP contribution in [0.3, 0.4) is 0 Å². The van der Waals surface area contributed by atoms with Crippen LogP contribution in [0, 0.1) is 5.41 Å². The van der Waals surface area contributed by atoms with E-state index in [1.54, 1.807) is 25.2 Å². The summed E-state index contributed by atoms with van der Waals surface area (Å²) in [4.78, 5) is 13.0. The Bertz CT molecular complexity index is 376. The number of rotatable bonds is 5. The summed E-state index contributed by atoms with van der Waals surface area (Å²) in [6, 6.07) is 2.06. The Morgan fingerprint density at radius 3 is 2.69 bits per heavy atom. The zero-order valence-corrected chi connectivity index (χ0v) is 12.1. The second-order valence-electron chi connectivity index (χ2n) is 4.62. The number of carboxylic acid groups (broad SMARTS) is 1. The van der Waals surface area contributed by atoms with Crippen LogP contribution in [0.2, 0.25) is 0 Å². The highest BCUT2D eigenvalue weighted by Gasteiger charge is 2.28. The second-order valence-corrected chi connectivity index (χ2v) is 6.91. The summed E-state index contributed by atoms with van der Waals surface area (Å²) in [7, 11) is 1.94. The fraction of sp³-hybridized carbons (Fsp3) is 0.545. The van der Waals surface area contributed by atoms with Crippen LogP contribution in [0.4, 0.5) is 0 Å². The van der Waals surface area contributed by atoms with E-state index in [1.165, 1.54) is 5.56 Å². The Morgan fingerprint density at radius 1 is 1.62 bits per heavy atom. The summed E-state index contributed by atoms with van der Waals surface area (Å²) in [5, 5.41) is 11.1. The fourth-order valence-electron chi connectivity index (χ4n) is 1.54. The van der Waals surface area contributed by atoms with Crippen LogP contribution in [-0.4, -0.2) is 29.6 Å². The van der Waals surface area contributed by atoms with Crippen LogP contribution in [0.5, 0.6) is 0 Å². The van der Waals surface area contributed by atoms with Crippen molar-refractivity contribution in [2.75, 3.05) is 13.6 Å². The minimum Gasteiger partial charge on any atom is -0.481 e. The number of hydrogen-bond donors (Lipinski definition) is 1. The Morgan fingerprint density at radius 2 is 2.25 bits per heavy atom. The fourth-order valence-corrected chi connectivity index (χ4v) is 2.74. The summed E-state index contributed by atoms with van der Waals surface area (Å²) in [5.74, 6) is -0.758. The molecule has 3 nitrogen and oxygen atoms in total. The van der Waals surface area contributed by atoms with Crippen molar-refractivity contribution in [2.24, 2.45) is 5.41 Å². The van der Waals surface area contributed by atoms with Gasteiger partial charge >= 0.3 is 5.97 Å². The van der Waals surface area contributed by atoms with Crippen molar-refractivity contribution < 1.29 is 9.90 Å². The van der Waals surface area contributed by atoms with E-state index in [0.717, 1.165) is 10.3 Å². The number of hydrogen-bond acceptors (Lipinski definition) is 3. The van der Waals surface area contributed by atoms with Gasteiger partial charge < -0.3 is 10.0 Å². The number of thiophene rings is 1. The molecule has 0 radical (unpaired) electrons. The quantitative estimate of drug-likeness (QED) is 0.909. The molecule has 5 heteroatoms. The van der Waals surface area contributed by atoms with E-state index < -0.39 is 11.4 Å². The van der Waals surface area contributed by atoms with E-state index in [-0.39, 0.29) is 0 Å². The lowest BCUT2D eigenvalue weighted by molar-refractivity contribution is -0.147. The molecular formula is C11H16BrNO2S. The zero-order chi connectivity index (χ0) is 12.3. The first-order valence-electron chi connectivity index (χ1n) is 4.96. The van der Waals surface area contributed by atoms with Crippen molar-refractivity contribution in [3.05, 3.63) is 20.8 Å². The van der Waals surface area contributed by atoms with Gasteiger partial charge in [0.15, 0.2) is 0 Å². The maximum absolute atomic E-state index is 11.0. The van der Waals surface area contributed by atoms with Crippen molar-refractivity contribution in [2.45, 2.75) is 20.4 Å². The average molecular weight is 306 g/mol. The lowest BCUT2D eigenvalue weighted by Gasteiger charge is -2.26. The SMILES string of the molecule is CN(Cc1csc(Br)c1)CC(C)(C)C(=O)O. The molecule has 1 heterocycles. The molecule has 0 spiro atoms. The van der Waals surface area contributed by atoms with Gasteiger partial charge in [-0.25, -0.2) is 0 Å². The Kier molecular flexibility index (Phi) is 4.52. The molecule has 1 N–H and O–H groups in total. The van der Waals surface area contributed by atoms with Crippen LogP contribution in [0.1, 0.15) is 19.4 Å². The van der Waals surface area contributed by atoms with Gasteiger partial charge in [0.2, 0.25) is 0 Å². The van der Waals surface area contributed by atoms with Gasteiger partial charge in [-0.1, -0.05) is 0 Å². The highest BCUT2D eigenvalue weighted by Crippen LogP contribution is 2.23. The van der Waals surface area contributed by atoms with Crippen molar-refractivity contribution in [3.63, 3.8) is 0 Å². The highest BCUT2D eigenvalue weighted by atomic mass is 79.9. The third-order valence-electron chi connectivity index (χ3n) is 2.32. The third kappa shape index (κ3) is 3.88. The topological polar surface area (TPSA) is 40.5 Å². The largest absolute Gasteiger partial charge is 0.481 e. The van der Waals surface area contributed by atoms with E-state index in [0.29, 0.717) is 6.54 Å². The van der Waals surface area contributed by atoms with Crippen molar-refractivity contribution in [3.8, 4) is 0 Å². The molecule has 0 fully saturated rings. The number of halogens is 1. The molecule has 0 bridgehead atoms. The van der Waals surface area contributed by atoms with Crippen LogP contribution in [-0.2, 0) is 11.3 Å². The smallest absolute Gasteiger partial charge is 0.310 e. The van der Waals surface area contributed by atoms with Crippen molar-refractivity contribution in [1.29, 1.82) is 0 Å². The molecule has 0 aromatic carbocycles. The van der Waals surface area contributed by atoms with Crippen LogP contribution in [0.15, 0.2) is 15.2 Å². The maximum Gasteiger partial charge on any atom is 0.310 e. The van der Waals surface area contributed by atoms with Gasteiger partial charge in [0, 0.05) is 13.1 Å². The molecule has 1 aromatic rings. The van der Waals surface area contributed by atoms with Gasteiger partial charge in [-0.3, -0.25) is 4.79 Å². The van der Waals surface area contributed by atoms with E-state index >= 15 is 0 Å². The second kappa shape index (κ2) is 5.29. The minimum absolute atomic E-state index is 0.537.